The minimum atomic E-state index is -0.245. The monoisotopic (exact) mass is 103 g/mol. The smallest absolute Gasteiger partial charge is 0.242 e. The Morgan fingerprint density at radius 3 is 1.86 bits per heavy atom. The number of hydrogen-bond acceptors (Lipinski definition) is 3. The average Bonchev–Trinajstić information content (AvgIpc) is 1.73. The quantitative estimate of drug-likeness (QED) is 0.398. The van der Waals surface area contributed by atoms with Crippen molar-refractivity contribution in [3.63, 3.8) is 0 Å². The summed E-state index contributed by atoms with van der Waals surface area (Å²) >= 11 is 0. The molecule has 0 spiro atoms. The number of hydrogen-bond donors (Lipinski definition) is 1. The van der Waals surface area contributed by atoms with Crippen molar-refractivity contribution in [2.24, 2.45) is 5.73 Å². The second-order valence-electron chi connectivity index (χ2n) is 0.696. The van der Waals surface area contributed by atoms with E-state index in [1.165, 1.54) is 22.0 Å². The summed E-state index contributed by atoms with van der Waals surface area (Å²) in [5, 5.41) is 0. The van der Waals surface area contributed by atoms with Gasteiger partial charge in [0, 0.05) is 0 Å². The number of ether oxygens (including phenoxy) is 1. The first-order valence-electron chi connectivity index (χ1n) is 1.89. The van der Waals surface area contributed by atoms with Crippen molar-refractivity contribution in [2.75, 3.05) is 14.2 Å². The van der Waals surface area contributed by atoms with Crippen LogP contribution in [-0.2, 0) is 4.74 Å². The van der Waals surface area contributed by atoms with E-state index in [0.717, 1.165) is 0 Å². The van der Waals surface area contributed by atoms with Gasteiger partial charge in [0.25, 0.3) is 0 Å². The number of nitrogens with two attached hydrogens (primary N) is 1. The van der Waals surface area contributed by atoms with Gasteiger partial charge in [-0.15, -0.1) is 0 Å². The molecule has 0 amide bonds. The summed E-state index contributed by atoms with van der Waals surface area (Å²) in [7, 11) is 4.21. The summed E-state index contributed by atoms with van der Waals surface area (Å²) in [6.07, 6.45) is 0. The van der Waals surface area contributed by atoms with E-state index in [-0.39, 0.29) is 5.87 Å². The molecule has 0 bridgehead atoms. The van der Waals surface area contributed by atoms with Gasteiger partial charge in [0.2, 0.25) is 13.7 Å². The maximum Gasteiger partial charge on any atom is 0.242 e. The second-order valence-corrected chi connectivity index (χ2v) is 0.696. The van der Waals surface area contributed by atoms with Gasteiger partial charge in [-0.05, 0) is 7.05 Å². The van der Waals surface area contributed by atoms with Crippen LogP contribution < -0.4 is 5.73 Å². The lowest BCUT2D eigenvalue weighted by Crippen LogP contribution is -1.92. The maximum atomic E-state index is 9.59. The molecule has 0 unspecified atom stereocenters. The van der Waals surface area contributed by atoms with Gasteiger partial charge in [-0.3, -0.25) is 4.79 Å². The molecule has 0 aromatic heterocycles. The van der Waals surface area contributed by atoms with Crippen molar-refractivity contribution in [1.29, 1.82) is 0 Å². The molecule has 0 aliphatic heterocycles. The molecule has 0 aromatic carbocycles. The molecular formula is C3H10BNO2. The molecule has 0 atom stereocenters. The zero-order chi connectivity index (χ0) is 6.28. The standard InChI is InChI=1S/C2H5BO2.CH5N/c1-5-2(3)4;1-2/h3H2,1H3;2H2,1H3. The number of carbonyl (C=O) groups excluding carboxylic acids is 1. The SMILES string of the molecule is BC(=O)OC.CN. The van der Waals surface area contributed by atoms with E-state index in [2.05, 4.69) is 10.5 Å². The molecule has 42 valence electrons. The molecule has 0 rings (SSSR count). The molecule has 0 saturated heterocycles. The topological polar surface area (TPSA) is 52.3 Å². The lowest BCUT2D eigenvalue weighted by atomic mass is 10.2. The number of methoxy groups -OCH3 is 1. The molecule has 4 heteroatoms. The minimum absolute atomic E-state index is 0.245. The molecule has 0 saturated carbocycles. The van der Waals surface area contributed by atoms with Gasteiger partial charge in [0.1, 0.15) is 0 Å². The Bertz CT molecular complexity index is 48.2. The Morgan fingerprint density at radius 2 is 1.86 bits per heavy atom. The van der Waals surface area contributed by atoms with Crippen LogP contribution >= 0.6 is 0 Å². The fourth-order valence-corrected chi connectivity index (χ4v) is 0. The Kier molecular flexibility index (Phi) is 12.6. The van der Waals surface area contributed by atoms with Crippen LogP contribution in [0.2, 0.25) is 0 Å². The molecule has 0 aliphatic carbocycles. The number of rotatable bonds is 0. The minimum Gasteiger partial charge on any atom is -0.477 e. The third kappa shape index (κ3) is 30.0. The van der Waals surface area contributed by atoms with Gasteiger partial charge in [-0.2, -0.15) is 0 Å². The summed E-state index contributed by atoms with van der Waals surface area (Å²) in [5.41, 5.74) is 4.50. The Labute approximate surface area is 44.2 Å². The predicted octanol–water partition coefficient (Wildman–Crippen LogP) is -1.04. The summed E-state index contributed by atoms with van der Waals surface area (Å²) in [4.78, 5) is 9.59. The number of carbonyl (C=O) groups is 1. The first-order valence-corrected chi connectivity index (χ1v) is 1.89. The molecule has 0 aliphatic rings. The summed E-state index contributed by atoms with van der Waals surface area (Å²) in [6, 6.07) is 0. The van der Waals surface area contributed by atoms with E-state index < -0.39 is 0 Å². The Morgan fingerprint density at radius 1 is 1.71 bits per heavy atom. The molecule has 0 heterocycles. The lowest BCUT2D eigenvalue weighted by molar-refractivity contribution is 0.198. The second kappa shape index (κ2) is 9.09. The largest absolute Gasteiger partial charge is 0.477 e. The van der Waals surface area contributed by atoms with Crippen LogP contribution in [-0.4, -0.2) is 27.9 Å². The van der Waals surface area contributed by atoms with E-state index in [1.807, 2.05) is 0 Å². The zero-order valence-corrected chi connectivity index (χ0v) is 4.89. The van der Waals surface area contributed by atoms with Crippen molar-refractivity contribution in [1.82, 2.24) is 0 Å². The van der Waals surface area contributed by atoms with Crippen molar-refractivity contribution in [3.8, 4) is 0 Å². The van der Waals surface area contributed by atoms with E-state index in [0.29, 0.717) is 0 Å². The fourth-order valence-electron chi connectivity index (χ4n) is 0. The molecule has 7 heavy (non-hydrogen) atoms. The van der Waals surface area contributed by atoms with Crippen LogP contribution in [0.4, 0.5) is 4.79 Å². The highest BCUT2D eigenvalue weighted by Gasteiger charge is 1.76. The van der Waals surface area contributed by atoms with Gasteiger partial charge < -0.3 is 10.5 Å². The van der Waals surface area contributed by atoms with Crippen LogP contribution in [0.1, 0.15) is 0 Å². The first-order chi connectivity index (χ1) is 3.27. The predicted molar refractivity (Wildman–Crippen MR) is 31.1 cm³/mol. The van der Waals surface area contributed by atoms with Gasteiger partial charge in [-0.1, -0.05) is 0 Å². The molecule has 0 fully saturated rings. The van der Waals surface area contributed by atoms with E-state index in [4.69, 9.17) is 0 Å². The molecule has 2 N–H and O–H groups in total. The highest BCUT2D eigenvalue weighted by atomic mass is 16.5. The summed E-state index contributed by atoms with van der Waals surface area (Å²) in [6.45, 7) is 0. The van der Waals surface area contributed by atoms with Gasteiger partial charge >= 0.3 is 0 Å². The van der Waals surface area contributed by atoms with Gasteiger partial charge in [-0.25, -0.2) is 0 Å². The maximum absolute atomic E-state index is 9.59. The zero-order valence-electron chi connectivity index (χ0n) is 4.89. The van der Waals surface area contributed by atoms with E-state index >= 15 is 0 Å². The van der Waals surface area contributed by atoms with Crippen LogP contribution in [0, 0.1) is 0 Å². The molecular weight excluding hydrogens is 92.9 g/mol. The van der Waals surface area contributed by atoms with Crippen molar-refractivity contribution >= 4 is 13.7 Å². The van der Waals surface area contributed by atoms with Crippen molar-refractivity contribution in [3.05, 3.63) is 0 Å². The van der Waals surface area contributed by atoms with Gasteiger partial charge in [0.05, 0.1) is 7.11 Å². The first kappa shape index (κ1) is 9.71. The van der Waals surface area contributed by atoms with E-state index in [1.54, 1.807) is 0 Å². The van der Waals surface area contributed by atoms with Crippen LogP contribution in [0.15, 0.2) is 0 Å². The van der Waals surface area contributed by atoms with E-state index in [9.17, 15) is 4.79 Å². The highest BCUT2D eigenvalue weighted by molar-refractivity contribution is 6.55. The van der Waals surface area contributed by atoms with Crippen LogP contribution in [0.5, 0.6) is 0 Å². The Balaban J connectivity index is 0. The molecule has 0 radical (unpaired) electrons. The average molecular weight is 103 g/mol. The summed E-state index contributed by atoms with van der Waals surface area (Å²) in [5.74, 6) is -0.245. The Hall–Kier alpha value is -0.505. The normalized spacial score (nSPS) is 5.57. The fraction of sp³-hybridized carbons (Fsp3) is 0.667. The molecule has 0 aromatic rings. The highest BCUT2D eigenvalue weighted by Crippen LogP contribution is 1.59. The van der Waals surface area contributed by atoms with Crippen LogP contribution in [0.3, 0.4) is 0 Å². The third-order valence-electron chi connectivity index (χ3n) is 0.287. The van der Waals surface area contributed by atoms with Gasteiger partial charge in [0.15, 0.2) is 0 Å². The van der Waals surface area contributed by atoms with Crippen LogP contribution in [0.25, 0.3) is 0 Å². The molecule has 3 nitrogen and oxygen atoms in total. The third-order valence-corrected chi connectivity index (χ3v) is 0.287. The lowest BCUT2D eigenvalue weighted by Gasteiger charge is -1.81. The van der Waals surface area contributed by atoms with Crippen molar-refractivity contribution < 1.29 is 9.53 Å². The van der Waals surface area contributed by atoms with Crippen molar-refractivity contribution in [2.45, 2.75) is 0 Å². The summed E-state index contributed by atoms with van der Waals surface area (Å²) < 4.78 is 4.11.